The van der Waals surface area contributed by atoms with Crippen molar-refractivity contribution in [1.29, 1.82) is 0 Å². The van der Waals surface area contributed by atoms with Gasteiger partial charge in [-0.25, -0.2) is 0 Å². The highest BCUT2D eigenvalue weighted by Gasteiger charge is 2.40. The van der Waals surface area contributed by atoms with E-state index in [-0.39, 0.29) is 0 Å². The predicted octanol–water partition coefficient (Wildman–Crippen LogP) is 2.53. The molecule has 1 heterocycles. The Hall–Kier alpha value is 0.0700. The molecule has 1 aliphatic carbocycles. The fourth-order valence-electron chi connectivity index (χ4n) is 3.95. The lowest BCUT2D eigenvalue weighted by Gasteiger charge is -2.51. The Kier molecular flexibility index (Phi) is 6.06. The zero-order valence-corrected chi connectivity index (χ0v) is 14.3. The Morgan fingerprint density at radius 2 is 2.05 bits per heavy atom. The number of nitrogens with one attached hydrogen (secondary N) is 1. The van der Waals surface area contributed by atoms with E-state index in [1.54, 1.807) is 0 Å². The Bertz CT molecular complexity index is 328. The number of piperazine rings is 1. The van der Waals surface area contributed by atoms with Crippen molar-refractivity contribution in [2.75, 3.05) is 25.1 Å². The minimum absolute atomic E-state index is 0.379. The molecule has 1 spiro atoms. The van der Waals surface area contributed by atoms with Gasteiger partial charge in [-0.15, -0.1) is 0 Å². The summed E-state index contributed by atoms with van der Waals surface area (Å²) >= 11 is 0. The van der Waals surface area contributed by atoms with Crippen molar-refractivity contribution in [3.05, 3.63) is 0 Å². The maximum absolute atomic E-state index is 11.4. The number of rotatable bonds is 5. The monoisotopic (exact) mass is 300 g/mol. The van der Waals surface area contributed by atoms with Gasteiger partial charge in [-0.1, -0.05) is 26.2 Å². The Morgan fingerprint density at radius 1 is 1.35 bits per heavy atom. The summed E-state index contributed by atoms with van der Waals surface area (Å²) in [7, 11) is -0.659. The molecule has 2 rings (SSSR count). The predicted molar refractivity (Wildman–Crippen MR) is 87.6 cm³/mol. The minimum Gasteiger partial charge on any atom is -0.308 e. The van der Waals surface area contributed by atoms with Crippen LogP contribution in [-0.4, -0.2) is 51.8 Å². The van der Waals surface area contributed by atoms with Crippen LogP contribution in [0.15, 0.2) is 0 Å². The van der Waals surface area contributed by atoms with E-state index in [1.165, 1.54) is 45.1 Å². The van der Waals surface area contributed by atoms with Gasteiger partial charge < -0.3 is 5.32 Å². The number of hydrogen-bond donors (Lipinski definition) is 1. The largest absolute Gasteiger partial charge is 0.308 e. The Morgan fingerprint density at radius 3 is 2.65 bits per heavy atom. The lowest BCUT2D eigenvalue weighted by molar-refractivity contribution is 0.0267. The lowest BCUT2D eigenvalue weighted by atomic mass is 9.79. The van der Waals surface area contributed by atoms with E-state index in [0.29, 0.717) is 17.6 Å². The van der Waals surface area contributed by atoms with Gasteiger partial charge in [0, 0.05) is 53.5 Å². The van der Waals surface area contributed by atoms with Gasteiger partial charge in [0.2, 0.25) is 0 Å². The molecule has 1 saturated heterocycles. The van der Waals surface area contributed by atoms with Gasteiger partial charge in [0.1, 0.15) is 0 Å². The molecule has 20 heavy (non-hydrogen) atoms. The molecule has 1 aliphatic heterocycles. The standard InChI is InChI=1S/C16H32N2OS/c1-4-15-12-17-16(9-6-5-7-10-16)13-18(15)14(2)8-11-20(3)19/h14-15,17H,4-13H2,1-3H3. The van der Waals surface area contributed by atoms with E-state index in [4.69, 9.17) is 0 Å². The summed E-state index contributed by atoms with van der Waals surface area (Å²) in [6.45, 7) is 6.96. The number of nitrogens with zero attached hydrogens (tertiary/aromatic N) is 1. The summed E-state index contributed by atoms with van der Waals surface area (Å²) in [6, 6.07) is 1.22. The highest BCUT2D eigenvalue weighted by Crippen LogP contribution is 2.33. The third-order valence-corrected chi connectivity index (χ3v) is 6.15. The molecule has 118 valence electrons. The van der Waals surface area contributed by atoms with Crippen LogP contribution < -0.4 is 5.32 Å². The average Bonchev–Trinajstić information content (AvgIpc) is 2.45. The quantitative estimate of drug-likeness (QED) is 0.847. The topological polar surface area (TPSA) is 32.3 Å². The third-order valence-electron chi connectivity index (χ3n) is 5.34. The van der Waals surface area contributed by atoms with E-state index in [9.17, 15) is 4.21 Å². The van der Waals surface area contributed by atoms with Crippen LogP contribution >= 0.6 is 0 Å². The van der Waals surface area contributed by atoms with E-state index < -0.39 is 10.8 Å². The maximum atomic E-state index is 11.4. The van der Waals surface area contributed by atoms with Gasteiger partial charge in [0.15, 0.2) is 0 Å². The summed E-state index contributed by atoms with van der Waals surface area (Å²) in [5.74, 6) is 0.842. The molecule has 3 nitrogen and oxygen atoms in total. The molecule has 1 saturated carbocycles. The van der Waals surface area contributed by atoms with Crippen molar-refractivity contribution in [2.24, 2.45) is 0 Å². The first-order chi connectivity index (χ1) is 9.56. The second-order valence-corrected chi connectivity index (χ2v) is 8.43. The van der Waals surface area contributed by atoms with Gasteiger partial charge in [-0.3, -0.25) is 9.11 Å². The highest BCUT2D eigenvalue weighted by molar-refractivity contribution is 7.84. The van der Waals surface area contributed by atoms with Crippen molar-refractivity contribution < 1.29 is 4.21 Å². The molecule has 1 N–H and O–H groups in total. The molecule has 0 amide bonds. The first-order valence-corrected chi connectivity index (χ1v) is 10.1. The first-order valence-electron chi connectivity index (χ1n) is 8.37. The van der Waals surface area contributed by atoms with Crippen molar-refractivity contribution in [3.63, 3.8) is 0 Å². The van der Waals surface area contributed by atoms with Gasteiger partial charge >= 0.3 is 0 Å². The summed E-state index contributed by atoms with van der Waals surface area (Å²) in [5, 5.41) is 3.88. The second kappa shape index (κ2) is 7.37. The van der Waals surface area contributed by atoms with Gasteiger partial charge in [0.25, 0.3) is 0 Å². The summed E-state index contributed by atoms with van der Waals surface area (Å²) < 4.78 is 11.4. The fraction of sp³-hybridized carbons (Fsp3) is 1.00. The van der Waals surface area contributed by atoms with Gasteiger partial charge in [-0.05, 0) is 32.6 Å². The molecular formula is C16H32N2OS. The lowest BCUT2D eigenvalue weighted by Crippen LogP contribution is -2.66. The van der Waals surface area contributed by atoms with Crippen molar-refractivity contribution in [2.45, 2.75) is 76.4 Å². The van der Waals surface area contributed by atoms with Crippen LogP contribution in [-0.2, 0) is 10.8 Å². The average molecular weight is 301 g/mol. The van der Waals surface area contributed by atoms with Crippen LogP contribution in [0.5, 0.6) is 0 Å². The van der Waals surface area contributed by atoms with E-state index in [2.05, 4.69) is 24.1 Å². The summed E-state index contributed by atoms with van der Waals surface area (Å²) in [4.78, 5) is 2.72. The highest BCUT2D eigenvalue weighted by atomic mass is 32.2. The molecule has 0 aromatic rings. The van der Waals surface area contributed by atoms with Crippen molar-refractivity contribution in [1.82, 2.24) is 10.2 Å². The first kappa shape index (κ1) is 16.4. The maximum Gasteiger partial charge on any atom is 0.0309 e. The van der Waals surface area contributed by atoms with E-state index in [0.717, 1.165) is 18.7 Å². The SMILES string of the molecule is CCC1CNC2(CCCCC2)CN1C(C)CCS(C)=O. The second-order valence-electron chi connectivity index (χ2n) is 6.87. The minimum atomic E-state index is -0.659. The van der Waals surface area contributed by atoms with E-state index in [1.807, 2.05) is 6.26 Å². The van der Waals surface area contributed by atoms with Crippen molar-refractivity contribution >= 4 is 10.8 Å². The van der Waals surface area contributed by atoms with Crippen LogP contribution in [0.1, 0.15) is 58.8 Å². The van der Waals surface area contributed by atoms with Crippen LogP contribution in [0.4, 0.5) is 0 Å². The molecule has 4 heteroatoms. The molecular weight excluding hydrogens is 268 g/mol. The number of hydrogen-bond acceptors (Lipinski definition) is 3. The third kappa shape index (κ3) is 4.05. The van der Waals surface area contributed by atoms with Crippen LogP contribution in [0.2, 0.25) is 0 Å². The normalized spacial score (nSPS) is 30.2. The Labute approximate surface area is 127 Å². The van der Waals surface area contributed by atoms with Gasteiger partial charge in [-0.2, -0.15) is 0 Å². The molecule has 0 bridgehead atoms. The van der Waals surface area contributed by atoms with Crippen LogP contribution in [0.25, 0.3) is 0 Å². The molecule has 3 atom stereocenters. The molecule has 0 aromatic carbocycles. The molecule has 2 aliphatic rings. The smallest absolute Gasteiger partial charge is 0.0309 e. The van der Waals surface area contributed by atoms with Crippen LogP contribution in [0.3, 0.4) is 0 Å². The van der Waals surface area contributed by atoms with Crippen molar-refractivity contribution in [3.8, 4) is 0 Å². The zero-order chi connectivity index (χ0) is 14.6. The zero-order valence-electron chi connectivity index (χ0n) is 13.5. The Balaban J connectivity index is 1.99. The van der Waals surface area contributed by atoms with E-state index >= 15 is 0 Å². The van der Waals surface area contributed by atoms with Gasteiger partial charge in [0.05, 0.1) is 0 Å². The summed E-state index contributed by atoms with van der Waals surface area (Å²) in [5.41, 5.74) is 0.379. The fourth-order valence-corrected chi connectivity index (χ4v) is 4.62. The molecule has 2 fully saturated rings. The van der Waals surface area contributed by atoms with Crippen LogP contribution in [0, 0.1) is 0 Å². The molecule has 0 radical (unpaired) electrons. The molecule has 3 unspecified atom stereocenters. The molecule has 0 aromatic heterocycles. The summed E-state index contributed by atoms with van der Waals surface area (Å²) in [6.07, 6.45) is 10.9.